The fourth-order valence-electron chi connectivity index (χ4n) is 3.16. The molecule has 0 amide bonds. The van der Waals surface area contributed by atoms with Crippen molar-refractivity contribution in [2.24, 2.45) is 0 Å². The fourth-order valence-corrected chi connectivity index (χ4v) is 3.44. The zero-order valence-corrected chi connectivity index (χ0v) is 15.3. The second-order valence-electron chi connectivity index (χ2n) is 6.46. The Morgan fingerprint density at radius 3 is 2.67 bits per heavy atom. The predicted molar refractivity (Wildman–Crippen MR) is 97.5 cm³/mol. The van der Waals surface area contributed by atoms with Crippen LogP contribution in [0.5, 0.6) is 0 Å². The van der Waals surface area contributed by atoms with E-state index in [-0.39, 0.29) is 5.02 Å². The minimum Gasteiger partial charge on any atom is -0.354 e. The molecule has 2 aromatic rings. The van der Waals surface area contributed by atoms with Crippen molar-refractivity contribution in [3.8, 4) is 6.07 Å². The molecule has 0 bridgehead atoms. The average molecular weight is 395 g/mol. The van der Waals surface area contributed by atoms with Gasteiger partial charge in [0.25, 0.3) is 0 Å². The Morgan fingerprint density at radius 1 is 1.15 bits per heavy atom. The lowest BCUT2D eigenvalue weighted by molar-refractivity contribution is -0.137. The number of hydrogen-bond donors (Lipinski definition) is 0. The molecule has 1 aliphatic heterocycles. The Morgan fingerprint density at radius 2 is 1.96 bits per heavy atom. The van der Waals surface area contributed by atoms with Gasteiger partial charge in [0, 0.05) is 38.9 Å². The summed E-state index contributed by atoms with van der Waals surface area (Å²) >= 11 is 6.07. The van der Waals surface area contributed by atoms with Crippen LogP contribution in [0.3, 0.4) is 0 Å². The molecule has 0 saturated carbocycles. The third kappa shape index (κ3) is 4.90. The van der Waals surface area contributed by atoms with E-state index in [1.54, 1.807) is 6.07 Å². The van der Waals surface area contributed by atoms with E-state index in [1.807, 2.05) is 23.1 Å². The molecule has 0 radical (unpaired) electrons. The van der Waals surface area contributed by atoms with Crippen LogP contribution in [0.15, 0.2) is 36.5 Å². The van der Waals surface area contributed by atoms with Crippen molar-refractivity contribution in [1.29, 1.82) is 5.26 Å². The second kappa shape index (κ2) is 8.15. The number of rotatable bonds is 3. The van der Waals surface area contributed by atoms with Gasteiger partial charge >= 0.3 is 6.18 Å². The number of nitriles is 1. The molecule has 0 atom stereocenters. The van der Waals surface area contributed by atoms with E-state index in [2.05, 4.69) is 16.0 Å². The predicted octanol–water partition coefficient (Wildman–Crippen LogP) is 4.34. The number of halogens is 4. The maximum Gasteiger partial charge on any atom is 0.417 e. The lowest BCUT2D eigenvalue weighted by Gasteiger charge is -2.24. The SMILES string of the molecule is N#Cc1cccc(CN2CCCN(c3ncc(C(F)(F)F)cc3Cl)CC2)c1. The van der Waals surface area contributed by atoms with Crippen LogP contribution in [-0.2, 0) is 12.7 Å². The number of hydrogen-bond acceptors (Lipinski definition) is 4. The van der Waals surface area contributed by atoms with Gasteiger partial charge in [0.2, 0.25) is 0 Å². The molecule has 1 aromatic heterocycles. The summed E-state index contributed by atoms with van der Waals surface area (Å²) < 4.78 is 38.3. The highest BCUT2D eigenvalue weighted by Gasteiger charge is 2.32. The summed E-state index contributed by atoms with van der Waals surface area (Å²) in [6.07, 6.45) is -2.78. The summed E-state index contributed by atoms with van der Waals surface area (Å²) in [4.78, 5) is 8.14. The first-order chi connectivity index (χ1) is 12.9. The van der Waals surface area contributed by atoms with Gasteiger partial charge in [-0.3, -0.25) is 4.90 Å². The molecule has 27 heavy (non-hydrogen) atoms. The van der Waals surface area contributed by atoms with Gasteiger partial charge in [0.15, 0.2) is 0 Å². The molecule has 1 aliphatic rings. The maximum absolute atomic E-state index is 12.8. The summed E-state index contributed by atoms with van der Waals surface area (Å²) in [5, 5.41) is 9.02. The van der Waals surface area contributed by atoms with Crippen molar-refractivity contribution >= 4 is 17.4 Å². The Hall–Kier alpha value is -2.30. The standard InChI is InChI=1S/C19H18ClF3N4/c20-17-10-16(19(21,22)23)12-25-18(17)27-6-2-5-26(7-8-27)13-15-4-1-3-14(9-15)11-24/h1,3-4,9-10,12H,2,5-8,13H2. The highest BCUT2D eigenvalue weighted by atomic mass is 35.5. The van der Waals surface area contributed by atoms with Gasteiger partial charge in [0.1, 0.15) is 5.82 Å². The first-order valence-corrected chi connectivity index (χ1v) is 8.93. The first kappa shape index (κ1) is 19.5. The number of nitrogens with zero attached hydrogens (tertiary/aromatic N) is 4. The molecule has 0 unspecified atom stereocenters. The van der Waals surface area contributed by atoms with Gasteiger partial charge in [-0.15, -0.1) is 0 Å². The van der Waals surface area contributed by atoms with Gasteiger partial charge in [-0.25, -0.2) is 4.98 Å². The van der Waals surface area contributed by atoms with Crippen LogP contribution in [0.1, 0.15) is 23.1 Å². The van der Waals surface area contributed by atoms with Crippen LogP contribution in [0.25, 0.3) is 0 Å². The number of pyridine rings is 1. The molecule has 4 nitrogen and oxygen atoms in total. The Labute approximate surface area is 160 Å². The molecule has 1 saturated heterocycles. The van der Waals surface area contributed by atoms with Gasteiger partial charge in [-0.05, 0) is 30.2 Å². The Bertz CT molecular complexity index is 848. The molecule has 8 heteroatoms. The molecule has 0 aliphatic carbocycles. The molecular formula is C19H18ClF3N4. The third-order valence-corrected chi connectivity index (χ3v) is 4.78. The van der Waals surface area contributed by atoms with Gasteiger partial charge < -0.3 is 4.90 Å². The smallest absolute Gasteiger partial charge is 0.354 e. The summed E-state index contributed by atoms with van der Waals surface area (Å²) in [7, 11) is 0. The molecule has 3 rings (SSSR count). The number of alkyl halides is 3. The van der Waals surface area contributed by atoms with E-state index in [1.165, 1.54) is 0 Å². The van der Waals surface area contributed by atoms with Crippen LogP contribution in [0.4, 0.5) is 19.0 Å². The van der Waals surface area contributed by atoms with Crippen LogP contribution in [-0.4, -0.2) is 36.1 Å². The van der Waals surface area contributed by atoms with Crippen LogP contribution in [0, 0.1) is 11.3 Å². The van der Waals surface area contributed by atoms with Crippen molar-refractivity contribution in [2.45, 2.75) is 19.1 Å². The quantitative estimate of drug-likeness (QED) is 0.776. The molecule has 2 heterocycles. The van der Waals surface area contributed by atoms with E-state index in [9.17, 15) is 13.2 Å². The summed E-state index contributed by atoms with van der Waals surface area (Å²) in [5.41, 5.74) is 0.850. The van der Waals surface area contributed by atoms with Crippen LogP contribution < -0.4 is 4.90 Å². The molecule has 0 N–H and O–H groups in total. The second-order valence-corrected chi connectivity index (χ2v) is 6.86. The molecule has 0 spiro atoms. The van der Waals surface area contributed by atoms with Crippen molar-refractivity contribution in [1.82, 2.24) is 9.88 Å². The minimum atomic E-state index is -4.46. The highest BCUT2D eigenvalue weighted by Crippen LogP contribution is 2.33. The molecule has 142 valence electrons. The van der Waals surface area contributed by atoms with E-state index in [4.69, 9.17) is 16.9 Å². The summed E-state index contributed by atoms with van der Waals surface area (Å²) in [6.45, 7) is 3.60. The highest BCUT2D eigenvalue weighted by molar-refractivity contribution is 6.33. The van der Waals surface area contributed by atoms with Crippen LogP contribution in [0.2, 0.25) is 5.02 Å². The normalized spacial score (nSPS) is 16.0. The number of benzene rings is 1. The van der Waals surface area contributed by atoms with Crippen molar-refractivity contribution < 1.29 is 13.2 Å². The number of aromatic nitrogens is 1. The Balaban J connectivity index is 1.67. The summed E-state index contributed by atoms with van der Waals surface area (Å²) in [5.74, 6) is 0.387. The van der Waals surface area contributed by atoms with Gasteiger partial charge in [0.05, 0.1) is 22.2 Å². The monoisotopic (exact) mass is 394 g/mol. The van der Waals surface area contributed by atoms with Crippen molar-refractivity contribution in [3.63, 3.8) is 0 Å². The minimum absolute atomic E-state index is 0.0139. The largest absolute Gasteiger partial charge is 0.417 e. The maximum atomic E-state index is 12.8. The third-order valence-electron chi connectivity index (χ3n) is 4.50. The van der Waals surface area contributed by atoms with Crippen molar-refractivity contribution in [2.75, 3.05) is 31.1 Å². The van der Waals surface area contributed by atoms with Gasteiger partial charge in [-0.1, -0.05) is 23.7 Å². The number of anilines is 1. The van der Waals surface area contributed by atoms with E-state index < -0.39 is 11.7 Å². The zero-order valence-electron chi connectivity index (χ0n) is 14.5. The average Bonchev–Trinajstić information content (AvgIpc) is 2.86. The lowest BCUT2D eigenvalue weighted by Crippen LogP contribution is -2.31. The first-order valence-electron chi connectivity index (χ1n) is 8.56. The topological polar surface area (TPSA) is 43.2 Å². The fraction of sp³-hybridized carbons (Fsp3) is 0.368. The van der Waals surface area contributed by atoms with Crippen molar-refractivity contribution in [3.05, 3.63) is 58.2 Å². The Kier molecular flexibility index (Phi) is 5.88. The lowest BCUT2D eigenvalue weighted by atomic mass is 10.1. The molecular weight excluding hydrogens is 377 g/mol. The van der Waals surface area contributed by atoms with E-state index in [0.29, 0.717) is 24.5 Å². The van der Waals surface area contributed by atoms with E-state index >= 15 is 0 Å². The van der Waals surface area contributed by atoms with Gasteiger partial charge in [-0.2, -0.15) is 18.4 Å². The summed E-state index contributed by atoms with van der Waals surface area (Å²) in [6, 6.07) is 10.6. The molecule has 1 aromatic carbocycles. The van der Waals surface area contributed by atoms with E-state index in [0.717, 1.165) is 43.9 Å². The molecule has 1 fully saturated rings. The van der Waals surface area contributed by atoms with Crippen LogP contribution >= 0.6 is 11.6 Å². The zero-order chi connectivity index (χ0) is 19.4.